The van der Waals surface area contributed by atoms with E-state index >= 15 is 0 Å². The van der Waals surface area contributed by atoms with Gasteiger partial charge in [-0.2, -0.15) is 0 Å². The third kappa shape index (κ3) is 4.33. The van der Waals surface area contributed by atoms with E-state index in [1.165, 1.54) is 5.56 Å². The van der Waals surface area contributed by atoms with Crippen LogP contribution in [0, 0.1) is 0 Å². The van der Waals surface area contributed by atoms with Crippen molar-refractivity contribution in [2.45, 2.75) is 12.8 Å². The summed E-state index contributed by atoms with van der Waals surface area (Å²) in [5, 5.41) is 3.20. The van der Waals surface area contributed by atoms with Crippen LogP contribution < -0.4 is 5.32 Å². The lowest BCUT2D eigenvalue weighted by molar-refractivity contribution is 0.132. The summed E-state index contributed by atoms with van der Waals surface area (Å²) in [5.41, 5.74) is 1.32. The van der Waals surface area contributed by atoms with Gasteiger partial charge in [0.1, 0.15) is 0 Å². The van der Waals surface area contributed by atoms with Crippen LogP contribution in [-0.2, 0) is 4.74 Å². The SMILES string of the molecule is CCOCC(CNC)c1ccc(Br)cc1. The van der Waals surface area contributed by atoms with E-state index in [1.807, 2.05) is 14.0 Å². The molecule has 1 aromatic rings. The number of benzene rings is 1. The Labute approximate surface area is 100 Å². The zero-order valence-corrected chi connectivity index (χ0v) is 10.9. The first-order chi connectivity index (χ1) is 7.27. The normalized spacial score (nSPS) is 12.7. The fourth-order valence-electron chi connectivity index (χ4n) is 1.51. The summed E-state index contributed by atoms with van der Waals surface area (Å²) < 4.78 is 6.60. The molecular formula is C12H18BrNO. The second-order valence-electron chi connectivity index (χ2n) is 3.47. The molecule has 0 aliphatic heterocycles. The van der Waals surface area contributed by atoms with Crippen molar-refractivity contribution in [1.82, 2.24) is 5.32 Å². The lowest BCUT2D eigenvalue weighted by Gasteiger charge is -2.16. The highest BCUT2D eigenvalue weighted by Gasteiger charge is 2.10. The summed E-state index contributed by atoms with van der Waals surface area (Å²) in [6.07, 6.45) is 0. The second kappa shape index (κ2) is 6.99. The Balaban J connectivity index is 2.65. The molecule has 1 rings (SSSR count). The van der Waals surface area contributed by atoms with Crippen LogP contribution >= 0.6 is 15.9 Å². The summed E-state index contributed by atoms with van der Waals surface area (Å²) in [5.74, 6) is 0.433. The van der Waals surface area contributed by atoms with Crippen molar-refractivity contribution in [3.8, 4) is 0 Å². The highest BCUT2D eigenvalue weighted by Crippen LogP contribution is 2.18. The molecule has 0 bridgehead atoms. The second-order valence-corrected chi connectivity index (χ2v) is 4.38. The number of nitrogens with one attached hydrogen (secondary N) is 1. The van der Waals surface area contributed by atoms with Gasteiger partial charge >= 0.3 is 0 Å². The maximum atomic E-state index is 5.48. The summed E-state index contributed by atoms with van der Waals surface area (Å²) in [6, 6.07) is 8.43. The number of hydrogen-bond donors (Lipinski definition) is 1. The van der Waals surface area contributed by atoms with Gasteiger partial charge in [0.2, 0.25) is 0 Å². The Kier molecular flexibility index (Phi) is 5.91. The minimum absolute atomic E-state index is 0.433. The van der Waals surface area contributed by atoms with Gasteiger partial charge in [-0.15, -0.1) is 0 Å². The van der Waals surface area contributed by atoms with Gasteiger partial charge in [-0.05, 0) is 31.7 Å². The Morgan fingerprint density at radius 3 is 2.53 bits per heavy atom. The molecule has 1 atom stereocenters. The van der Waals surface area contributed by atoms with Crippen molar-refractivity contribution in [1.29, 1.82) is 0 Å². The van der Waals surface area contributed by atoms with Crippen molar-refractivity contribution in [2.75, 3.05) is 26.8 Å². The van der Waals surface area contributed by atoms with Crippen LogP contribution in [0.3, 0.4) is 0 Å². The first kappa shape index (κ1) is 12.7. The van der Waals surface area contributed by atoms with E-state index in [9.17, 15) is 0 Å². The number of halogens is 1. The summed E-state index contributed by atoms with van der Waals surface area (Å²) in [6.45, 7) is 4.52. The molecule has 0 heterocycles. The van der Waals surface area contributed by atoms with Crippen LogP contribution in [0.4, 0.5) is 0 Å². The van der Waals surface area contributed by atoms with Gasteiger partial charge in [0, 0.05) is 23.5 Å². The minimum Gasteiger partial charge on any atom is -0.381 e. The highest BCUT2D eigenvalue weighted by molar-refractivity contribution is 9.10. The molecule has 2 nitrogen and oxygen atoms in total. The van der Waals surface area contributed by atoms with E-state index < -0.39 is 0 Å². The molecule has 0 aliphatic rings. The Hall–Kier alpha value is -0.380. The molecule has 0 amide bonds. The molecule has 15 heavy (non-hydrogen) atoms. The van der Waals surface area contributed by atoms with Gasteiger partial charge in [0.25, 0.3) is 0 Å². The van der Waals surface area contributed by atoms with Crippen molar-refractivity contribution >= 4 is 15.9 Å². The van der Waals surface area contributed by atoms with Crippen LogP contribution in [0.15, 0.2) is 28.7 Å². The molecule has 0 fully saturated rings. The molecule has 84 valence electrons. The van der Waals surface area contributed by atoms with Gasteiger partial charge in [-0.3, -0.25) is 0 Å². The zero-order chi connectivity index (χ0) is 11.1. The van der Waals surface area contributed by atoms with Crippen LogP contribution in [0.2, 0.25) is 0 Å². The monoisotopic (exact) mass is 271 g/mol. The molecule has 0 aliphatic carbocycles. The van der Waals surface area contributed by atoms with Crippen LogP contribution in [0.1, 0.15) is 18.4 Å². The molecule has 0 aromatic heterocycles. The van der Waals surface area contributed by atoms with Crippen LogP contribution in [0.25, 0.3) is 0 Å². The van der Waals surface area contributed by atoms with Gasteiger partial charge in [0.15, 0.2) is 0 Å². The van der Waals surface area contributed by atoms with E-state index in [2.05, 4.69) is 45.5 Å². The molecule has 0 saturated heterocycles. The number of ether oxygens (including phenoxy) is 1. The van der Waals surface area contributed by atoms with Crippen molar-refractivity contribution in [3.05, 3.63) is 34.3 Å². The van der Waals surface area contributed by atoms with E-state index in [0.29, 0.717) is 5.92 Å². The predicted octanol–water partition coefficient (Wildman–Crippen LogP) is 2.79. The third-order valence-corrected chi connectivity index (χ3v) is 2.84. The van der Waals surface area contributed by atoms with Crippen molar-refractivity contribution in [2.24, 2.45) is 0 Å². The molecule has 1 N–H and O–H groups in total. The van der Waals surface area contributed by atoms with Crippen LogP contribution in [0.5, 0.6) is 0 Å². The molecule has 1 aromatic carbocycles. The van der Waals surface area contributed by atoms with Crippen molar-refractivity contribution < 1.29 is 4.74 Å². The average molecular weight is 272 g/mol. The highest BCUT2D eigenvalue weighted by atomic mass is 79.9. The van der Waals surface area contributed by atoms with Crippen molar-refractivity contribution in [3.63, 3.8) is 0 Å². The molecular weight excluding hydrogens is 254 g/mol. The molecule has 0 saturated carbocycles. The maximum Gasteiger partial charge on any atom is 0.0546 e. The zero-order valence-electron chi connectivity index (χ0n) is 9.29. The van der Waals surface area contributed by atoms with Gasteiger partial charge in [-0.1, -0.05) is 28.1 Å². The maximum absolute atomic E-state index is 5.48. The first-order valence-corrected chi connectivity index (χ1v) is 6.05. The fraction of sp³-hybridized carbons (Fsp3) is 0.500. The lowest BCUT2D eigenvalue weighted by atomic mass is 10.0. The van der Waals surface area contributed by atoms with E-state index in [-0.39, 0.29) is 0 Å². The molecule has 0 spiro atoms. The van der Waals surface area contributed by atoms with E-state index in [0.717, 1.165) is 24.2 Å². The smallest absolute Gasteiger partial charge is 0.0546 e. The van der Waals surface area contributed by atoms with Gasteiger partial charge < -0.3 is 10.1 Å². The lowest BCUT2D eigenvalue weighted by Crippen LogP contribution is -2.21. The summed E-state index contributed by atoms with van der Waals surface area (Å²) in [4.78, 5) is 0. The fourth-order valence-corrected chi connectivity index (χ4v) is 1.78. The molecule has 3 heteroatoms. The molecule has 1 unspecified atom stereocenters. The van der Waals surface area contributed by atoms with Gasteiger partial charge in [0.05, 0.1) is 6.61 Å². The number of likely N-dealkylation sites (N-methyl/N-ethyl adjacent to an activating group) is 1. The minimum atomic E-state index is 0.433. The quantitative estimate of drug-likeness (QED) is 0.859. The first-order valence-electron chi connectivity index (χ1n) is 5.25. The Bertz CT molecular complexity index is 273. The number of rotatable bonds is 6. The largest absolute Gasteiger partial charge is 0.381 e. The van der Waals surface area contributed by atoms with Crippen LogP contribution in [-0.4, -0.2) is 26.8 Å². The van der Waals surface area contributed by atoms with E-state index in [1.54, 1.807) is 0 Å². The Morgan fingerprint density at radius 2 is 2.00 bits per heavy atom. The Morgan fingerprint density at radius 1 is 1.33 bits per heavy atom. The van der Waals surface area contributed by atoms with Gasteiger partial charge in [-0.25, -0.2) is 0 Å². The number of hydrogen-bond acceptors (Lipinski definition) is 2. The topological polar surface area (TPSA) is 21.3 Å². The molecule has 0 radical (unpaired) electrons. The summed E-state index contributed by atoms with van der Waals surface area (Å²) in [7, 11) is 1.97. The van der Waals surface area contributed by atoms with E-state index in [4.69, 9.17) is 4.74 Å². The average Bonchev–Trinajstić information content (AvgIpc) is 2.25. The standard InChI is InChI=1S/C12H18BrNO/c1-3-15-9-11(8-14-2)10-4-6-12(13)7-5-10/h4-7,11,14H,3,8-9H2,1-2H3. The predicted molar refractivity (Wildman–Crippen MR) is 67.3 cm³/mol. The summed E-state index contributed by atoms with van der Waals surface area (Å²) >= 11 is 3.44. The third-order valence-electron chi connectivity index (χ3n) is 2.32.